The van der Waals surface area contributed by atoms with Crippen molar-refractivity contribution in [2.75, 3.05) is 29.9 Å². The minimum absolute atomic E-state index is 0.275. The molecule has 1 aromatic carbocycles. The van der Waals surface area contributed by atoms with Crippen LogP contribution in [-0.4, -0.2) is 34.9 Å². The lowest BCUT2D eigenvalue weighted by Gasteiger charge is -2.34. The molecule has 0 radical (unpaired) electrons. The standard InChI is InChI=1S/C16H21ClN4O2/c1-11-19-16(20-23-11)9-18-14-8-13(17)2-3-15(14)21-6-4-12(10-22)5-7-21/h2-3,8,12,18,22H,4-7,9-10H2,1H3. The first-order chi connectivity index (χ1) is 11.2. The highest BCUT2D eigenvalue weighted by atomic mass is 35.5. The Morgan fingerprint density at radius 3 is 2.83 bits per heavy atom. The third kappa shape index (κ3) is 3.95. The first kappa shape index (κ1) is 16.1. The van der Waals surface area contributed by atoms with Crippen LogP contribution in [0.1, 0.15) is 24.6 Å². The van der Waals surface area contributed by atoms with Gasteiger partial charge in [-0.15, -0.1) is 0 Å². The van der Waals surface area contributed by atoms with Gasteiger partial charge in [-0.2, -0.15) is 4.98 Å². The fourth-order valence-corrected chi connectivity index (χ4v) is 3.04. The van der Waals surface area contributed by atoms with E-state index in [4.69, 9.17) is 16.1 Å². The maximum atomic E-state index is 9.28. The van der Waals surface area contributed by atoms with Crippen LogP contribution in [0.25, 0.3) is 0 Å². The third-order valence-electron chi connectivity index (χ3n) is 4.18. The molecule has 6 nitrogen and oxygen atoms in total. The zero-order valence-electron chi connectivity index (χ0n) is 13.1. The molecule has 1 saturated heterocycles. The molecule has 0 atom stereocenters. The molecule has 2 N–H and O–H groups in total. The molecule has 23 heavy (non-hydrogen) atoms. The van der Waals surface area contributed by atoms with Crippen molar-refractivity contribution in [1.29, 1.82) is 0 Å². The van der Waals surface area contributed by atoms with Crippen molar-refractivity contribution in [3.8, 4) is 0 Å². The molecule has 0 unspecified atom stereocenters. The third-order valence-corrected chi connectivity index (χ3v) is 4.41. The molecule has 3 rings (SSSR count). The second kappa shape index (κ2) is 7.19. The minimum atomic E-state index is 0.275. The van der Waals surface area contributed by atoms with E-state index in [-0.39, 0.29) is 6.61 Å². The van der Waals surface area contributed by atoms with Gasteiger partial charge in [-0.3, -0.25) is 0 Å². The second-order valence-electron chi connectivity index (χ2n) is 5.86. The van der Waals surface area contributed by atoms with E-state index in [1.807, 2.05) is 18.2 Å². The summed E-state index contributed by atoms with van der Waals surface area (Å²) < 4.78 is 4.99. The number of hydrogen-bond donors (Lipinski definition) is 2. The molecule has 0 spiro atoms. The molecule has 1 aromatic heterocycles. The molecule has 7 heteroatoms. The van der Waals surface area contributed by atoms with Crippen LogP contribution in [0.4, 0.5) is 11.4 Å². The van der Waals surface area contributed by atoms with Crippen LogP contribution in [0, 0.1) is 12.8 Å². The molecule has 0 amide bonds. The molecular formula is C16H21ClN4O2. The molecule has 0 bridgehead atoms. The summed E-state index contributed by atoms with van der Waals surface area (Å²) in [7, 11) is 0. The van der Waals surface area contributed by atoms with E-state index >= 15 is 0 Å². The molecule has 2 heterocycles. The summed E-state index contributed by atoms with van der Waals surface area (Å²) in [5, 5.41) is 17.2. The summed E-state index contributed by atoms with van der Waals surface area (Å²) in [6.45, 7) is 4.40. The van der Waals surface area contributed by atoms with Crippen LogP contribution in [0.15, 0.2) is 22.7 Å². The van der Waals surface area contributed by atoms with E-state index < -0.39 is 0 Å². The summed E-state index contributed by atoms with van der Waals surface area (Å²) in [5.41, 5.74) is 2.08. The Kier molecular flexibility index (Phi) is 5.03. The predicted molar refractivity (Wildman–Crippen MR) is 89.8 cm³/mol. The molecule has 124 valence electrons. The number of rotatable bonds is 5. The summed E-state index contributed by atoms with van der Waals surface area (Å²) in [5.74, 6) is 1.59. The van der Waals surface area contributed by atoms with Crippen molar-refractivity contribution in [2.45, 2.75) is 26.3 Å². The SMILES string of the molecule is Cc1nc(CNc2cc(Cl)ccc2N2CCC(CO)CC2)no1. The summed E-state index contributed by atoms with van der Waals surface area (Å²) in [6.07, 6.45) is 2.01. The molecule has 0 aliphatic carbocycles. The van der Waals surface area contributed by atoms with Crippen molar-refractivity contribution in [2.24, 2.45) is 5.92 Å². The minimum Gasteiger partial charge on any atom is -0.396 e. The van der Waals surface area contributed by atoms with Crippen molar-refractivity contribution in [1.82, 2.24) is 10.1 Å². The van der Waals surface area contributed by atoms with Crippen LogP contribution >= 0.6 is 11.6 Å². The van der Waals surface area contributed by atoms with Crippen molar-refractivity contribution < 1.29 is 9.63 Å². The molecule has 0 saturated carbocycles. The number of aliphatic hydroxyl groups excluding tert-OH is 1. The highest BCUT2D eigenvalue weighted by Gasteiger charge is 2.20. The number of piperidine rings is 1. The zero-order valence-corrected chi connectivity index (χ0v) is 13.9. The highest BCUT2D eigenvalue weighted by molar-refractivity contribution is 6.31. The van der Waals surface area contributed by atoms with Gasteiger partial charge in [-0.1, -0.05) is 16.8 Å². The zero-order chi connectivity index (χ0) is 16.2. The molecule has 1 aliphatic heterocycles. The van der Waals surface area contributed by atoms with E-state index in [2.05, 4.69) is 20.4 Å². The normalized spacial score (nSPS) is 15.9. The summed E-state index contributed by atoms with van der Waals surface area (Å²) in [4.78, 5) is 6.52. The van der Waals surface area contributed by atoms with Gasteiger partial charge in [-0.05, 0) is 37.0 Å². The maximum absolute atomic E-state index is 9.28. The lowest BCUT2D eigenvalue weighted by molar-refractivity contribution is 0.203. The highest BCUT2D eigenvalue weighted by Crippen LogP contribution is 2.32. The van der Waals surface area contributed by atoms with Gasteiger partial charge in [0.1, 0.15) is 0 Å². The van der Waals surface area contributed by atoms with Gasteiger partial charge in [0.15, 0.2) is 5.82 Å². The van der Waals surface area contributed by atoms with Gasteiger partial charge in [0.05, 0.1) is 17.9 Å². The fraction of sp³-hybridized carbons (Fsp3) is 0.500. The Morgan fingerprint density at radius 2 is 2.17 bits per heavy atom. The van der Waals surface area contributed by atoms with E-state index in [9.17, 15) is 5.11 Å². The average molecular weight is 337 g/mol. The Labute approximate surface area is 140 Å². The van der Waals surface area contributed by atoms with Crippen molar-refractivity contribution in [3.63, 3.8) is 0 Å². The second-order valence-corrected chi connectivity index (χ2v) is 6.29. The number of aromatic nitrogens is 2. The van der Waals surface area contributed by atoms with Gasteiger partial charge in [0.25, 0.3) is 0 Å². The number of hydrogen-bond acceptors (Lipinski definition) is 6. The van der Waals surface area contributed by atoms with Crippen LogP contribution in [0.5, 0.6) is 0 Å². The molecule has 1 aliphatic rings. The van der Waals surface area contributed by atoms with E-state index in [0.29, 0.717) is 29.2 Å². The predicted octanol–water partition coefficient (Wildman–Crippen LogP) is 2.85. The lowest BCUT2D eigenvalue weighted by atomic mass is 9.97. The number of benzene rings is 1. The van der Waals surface area contributed by atoms with Gasteiger partial charge in [0, 0.05) is 31.6 Å². The van der Waals surface area contributed by atoms with E-state index in [0.717, 1.165) is 37.3 Å². The Bertz CT molecular complexity index is 653. The van der Waals surface area contributed by atoms with Gasteiger partial charge < -0.3 is 19.8 Å². The van der Waals surface area contributed by atoms with Crippen LogP contribution in [0.3, 0.4) is 0 Å². The van der Waals surface area contributed by atoms with Gasteiger partial charge in [0.2, 0.25) is 5.89 Å². The monoisotopic (exact) mass is 336 g/mol. The van der Waals surface area contributed by atoms with E-state index in [1.54, 1.807) is 6.92 Å². The lowest BCUT2D eigenvalue weighted by Crippen LogP contribution is -2.35. The summed E-state index contributed by atoms with van der Waals surface area (Å²) >= 11 is 6.15. The largest absolute Gasteiger partial charge is 0.396 e. The van der Waals surface area contributed by atoms with Gasteiger partial charge in [-0.25, -0.2) is 0 Å². The topological polar surface area (TPSA) is 74.4 Å². The van der Waals surface area contributed by atoms with Gasteiger partial charge >= 0.3 is 0 Å². The number of nitrogens with one attached hydrogen (secondary N) is 1. The smallest absolute Gasteiger partial charge is 0.223 e. The molecular weight excluding hydrogens is 316 g/mol. The molecule has 1 fully saturated rings. The fourth-order valence-electron chi connectivity index (χ4n) is 2.87. The maximum Gasteiger partial charge on any atom is 0.223 e. The van der Waals surface area contributed by atoms with Crippen LogP contribution < -0.4 is 10.2 Å². The van der Waals surface area contributed by atoms with E-state index in [1.165, 1.54) is 0 Å². The van der Waals surface area contributed by atoms with Crippen LogP contribution in [0.2, 0.25) is 5.02 Å². The first-order valence-corrected chi connectivity index (χ1v) is 8.22. The number of anilines is 2. The van der Waals surface area contributed by atoms with Crippen molar-refractivity contribution in [3.05, 3.63) is 34.9 Å². The first-order valence-electron chi connectivity index (χ1n) is 7.84. The average Bonchev–Trinajstić information content (AvgIpc) is 2.99. The molecule has 2 aromatic rings. The van der Waals surface area contributed by atoms with Crippen LogP contribution in [-0.2, 0) is 6.54 Å². The number of nitrogens with zero attached hydrogens (tertiary/aromatic N) is 3. The number of halogens is 1. The quantitative estimate of drug-likeness (QED) is 0.874. The van der Waals surface area contributed by atoms with Crippen molar-refractivity contribution >= 4 is 23.0 Å². The number of aryl methyl sites for hydroxylation is 1. The summed E-state index contributed by atoms with van der Waals surface area (Å²) in [6, 6.07) is 5.85. The Morgan fingerprint density at radius 1 is 1.39 bits per heavy atom. The Hall–Kier alpha value is -1.79. The number of aliphatic hydroxyl groups is 1. The Balaban J connectivity index is 1.72.